The van der Waals surface area contributed by atoms with Gasteiger partial charge in [-0.25, -0.2) is 0 Å². The van der Waals surface area contributed by atoms with Crippen LogP contribution in [0.5, 0.6) is 0 Å². The van der Waals surface area contributed by atoms with Crippen LogP contribution in [0.1, 0.15) is 73.6 Å². The first-order valence-electron chi connectivity index (χ1n) is 9.83. The second-order valence-electron chi connectivity index (χ2n) is 8.11. The molecule has 0 unspecified atom stereocenters. The van der Waals surface area contributed by atoms with E-state index in [4.69, 9.17) is 10.1 Å². The van der Waals surface area contributed by atoms with Crippen LogP contribution in [0.3, 0.4) is 0 Å². The van der Waals surface area contributed by atoms with Crippen LogP contribution in [0.15, 0.2) is 33.4 Å². The van der Waals surface area contributed by atoms with Crippen molar-refractivity contribution in [1.29, 1.82) is 5.41 Å². The monoisotopic (exact) mass is 375 g/mol. The zero-order valence-corrected chi connectivity index (χ0v) is 18.1. The molecule has 1 saturated carbocycles. The molecule has 27 heavy (non-hydrogen) atoms. The van der Waals surface area contributed by atoms with Crippen molar-refractivity contribution in [2.75, 3.05) is 7.11 Å². The third-order valence-electron chi connectivity index (χ3n) is 4.54. The molecule has 0 atom stereocenters. The number of ether oxygens (including phenoxy) is 1. The lowest BCUT2D eigenvalue weighted by molar-refractivity contribution is 0.398. The fourth-order valence-electron chi connectivity index (χ4n) is 2.81. The average Bonchev–Trinajstić information content (AvgIpc) is 3.13. The molecule has 1 aliphatic carbocycles. The van der Waals surface area contributed by atoms with E-state index in [-0.39, 0.29) is 5.54 Å². The summed E-state index contributed by atoms with van der Waals surface area (Å²) in [5, 5.41) is 23.6. The summed E-state index contributed by atoms with van der Waals surface area (Å²) in [6.07, 6.45) is 9.20. The normalized spacial score (nSPS) is 17.9. The Morgan fingerprint density at radius 3 is 2.37 bits per heavy atom. The largest absolute Gasteiger partial charge is 0.483 e. The minimum Gasteiger partial charge on any atom is -0.483 e. The van der Waals surface area contributed by atoms with Crippen molar-refractivity contribution in [2.24, 2.45) is 16.1 Å². The topological polar surface area (TPSA) is 81.9 Å². The molecule has 152 valence electrons. The maximum absolute atomic E-state index is 8.50. The van der Waals surface area contributed by atoms with Crippen LogP contribution in [0, 0.1) is 11.3 Å². The van der Waals surface area contributed by atoms with Crippen molar-refractivity contribution < 1.29 is 4.74 Å². The van der Waals surface area contributed by atoms with Crippen molar-refractivity contribution in [3.63, 3.8) is 0 Å². The Hall–Kier alpha value is -2.11. The van der Waals surface area contributed by atoms with Gasteiger partial charge < -0.3 is 20.8 Å². The van der Waals surface area contributed by atoms with Crippen molar-refractivity contribution in [2.45, 2.75) is 79.2 Å². The summed E-state index contributed by atoms with van der Waals surface area (Å²) in [5.41, 5.74) is 2.61. The second kappa shape index (κ2) is 10.9. The van der Waals surface area contributed by atoms with E-state index in [0.717, 1.165) is 36.4 Å². The van der Waals surface area contributed by atoms with Crippen molar-refractivity contribution in [3.8, 4) is 0 Å². The predicted molar refractivity (Wildman–Crippen MR) is 115 cm³/mol. The Labute approximate surface area is 164 Å². The highest BCUT2D eigenvalue weighted by atomic mass is 16.5. The number of hydrogen-bond donors (Lipinski definition) is 3. The highest BCUT2D eigenvalue weighted by Gasteiger charge is 2.20. The summed E-state index contributed by atoms with van der Waals surface area (Å²) in [5.74, 6) is 1.69. The summed E-state index contributed by atoms with van der Waals surface area (Å²) >= 11 is 0. The Balaban J connectivity index is 3.08. The maximum Gasteiger partial charge on any atom is 0.205 e. The molecular formula is C21H37N5O. The highest BCUT2D eigenvalue weighted by molar-refractivity contribution is 5.95. The van der Waals surface area contributed by atoms with E-state index in [9.17, 15) is 0 Å². The van der Waals surface area contributed by atoms with Crippen LogP contribution in [-0.4, -0.2) is 30.5 Å². The van der Waals surface area contributed by atoms with Gasteiger partial charge in [0.15, 0.2) is 0 Å². The molecule has 0 amide bonds. The van der Waals surface area contributed by atoms with Gasteiger partial charge in [-0.3, -0.25) is 0 Å². The lowest BCUT2D eigenvalue weighted by atomic mass is 10.0. The standard InChI is InChI=1S/C21H37N5O/c1-8-15(2)19(14-23-26-16(3)27-7)24-20(25-21(4,5)6)13-18(22)17-11-9-10-12-17/h13-14,17,22,24-25H,8-12H2,1-7H3/b19-15-,20-13-,22-18?,23-14-,26-16+. The van der Waals surface area contributed by atoms with Crippen LogP contribution < -0.4 is 10.6 Å². The molecule has 6 heteroatoms. The highest BCUT2D eigenvalue weighted by Crippen LogP contribution is 2.26. The van der Waals surface area contributed by atoms with Gasteiger partial charge in [-0.1, -0.05) is 19.8 Å². The van der Waals surface area contributed by atoms with Crippen LogP contribution in [0.4, 0.5) is 0 Å². The summed E-state index contributed by atoms with van der Waals surface area (Å²) in [6.45, 7) is 12.3. The van der Waals surface area contributed by atoms with Crippen molar-refractivity contribution in [3.05, 3.63) is 23.2 Å². The van der Waals surface area contributed by atoms with Gasteiger partial charge in [0.1, 0.15) is 5.82 Å². The van der Waals surface area contributed by atoms with Crippen LogP contribution in [0.25, 0.3) is 0 Å². The first-order chi connectivity index (χ1) is 12.7. The first kappa shape index (κ1) is 22.9. The quantitative estimate of drug-likeness (QED) is 0.325. The molecule has 1 rings (SSSR count). The molecule has 0 heterocycles. The van der Waals surface area contributed by atoms with Gasteiger partial charge >= 0.3 is 0 Å². The first-order valence-corrected chi connectivity index (χ1v) is 9.83. The number of nitrogens with one attached hydrogen (secondary N) is 3. The van der Waals surface area contributed by atoms with Crippen LogP contribution in [-0.2, 0) is 4.74 Å². The second-order valence-corrected chi connectivity index (χ2v) is 8.11. The van der Waals surface area contributed by atoms with Crippen molar-refractivity contribution in [1.82, 2.24) is 10.6 Å². The molecule has 0 aliphatic heterocycles. The fraction of sp³-hybridized carbons (Fsp3) is 0.667. The third kappa shape index (κ3) is 8.89. The lowest BCUT2D eigenvalue weighted by Gasteiger charge is -2.26. The predicted octanol–water partition coefficient (Wildman–Crippen LogP) is 4.75. The third-order valence-corrected chi connectivity index (χ3v) is 4.54. The molecular weight excluding hydrogens is 338 g/mol. The maximum atomic E-state index is 8.50. The minimum atomic E-state index is -0.123. The average molecular weight is 376 g/mol. The Kier molecular flexibility index (Phi) is 9.26. The zero-order chi connectivity index (χ0) is 20.4. The molecule has 0 bridgehead atoms. The molecule has 0 spiro atoms. The fourth-order valence-corrected chi connectivity index (χ4v) is 2.81. The van der Waals surface area contributed by atoms with E-state index >= 15 is 0 Å². The van der Waals surface area contributed by atoms with Gasteiger partial charge in [0.25, 0.3) is 0 Å². The molecule has 0 aromatic rings. The van der Waals surface area contributed by atoms with Gasteiger partial charge in [-0.05, 0) is 58.6 Å². The van der Waals surface area contributed by atoms with Crippen LogP contribution >= 0.6 is 0 Å². The van der Waals surface area contributed by atoms with E-state index < -0.39 is 0 Å². The number of nitrogens with zero attached hydrogens (tertiary/aromatic N) is 2. The Morgan fingerprint density at radius 2 is 1.85 bits per heavy atom. The van der Waals surface area contributed by atoms with Gasteiger partial charge in [-0.2, -0.15) is 5.10 Å². The van der Waals surface area contributed by atoms with E-state index in [1.54, 1.807) is 20.2 Å². The summed E-state index contributed by atoms with van der Waals surface area (Å²) in [7, 11) is 1.57. The van der Waals surface area contributed by atoms with Gasteiger partial charge in [0, 0.05) is 24.1 Å². The number of hydrogen-bond acceptors (Lipinski definition) is 6. The Bertz CT molecular complexity index is 617. The van der Waals surface area contributed by atoms with Crippen LogP contribution in [0.2, 0.25) is 0 Å². The molecule has 6 nitrogen and oxygen atoms in total. The van der Waals surface area contributed by atoms with Gasteiger partial charge in [0.05, 0.1) is 19.0 Å². The summed E-state index contributed by atoms with van der Waals surface area (Å²) < 4.78 is 5.02. The minimum absolute atomic E-state index is 0.123. The summed E-state index contributed by atoms with van der Waals surface area (Å²) in [4.78, 5) is 0. The van der Waals surface area contributed by atoms with E-state index in [0.29, 0.717) is 17.5 Å². The molecule has 1 fully saturated rings. The number of methoxy groups -OCH3 is 1. The van der Waals surface area contributed by atoms with E-state index in [1.807, 2.05) is 6.08 Å². The summed E-state index contributed by atoms with van der Waals surface area (Å²) in [6, 6.07) is 0. The molecule has 1 aliphatic rings. The van der Waals surface area contributed by atoms with Gasteiger partial charge in [-0.15, -0.1) is 5.10 Å². The van der Waals surface area contributed by atoms with E-state index in [1.165, 1.54) is 12.8 Å². The smallest absolute Gasteiger partial charge is 0.205 e. The zero-order valence-electron chi connectivity index (χ0n) is 18.1. The molecule has 0 aromatic carbocycles. The van der Waals surface area contributed by atoms with Crippen molar-refractivity contribution >= 4 is 17.8 Å². The Morgan fingerprint density at radius 1 is 1.22 bits per heavy atom. The van der Waals surface area contributed by atoms with E-state index in [2.05, 4.69) is 55.5 Å². The number of rotatable bonds is 8. The molecule has 0 radical (unpaired) electrons. The lowest BCUT2D eigenvalue weighted by Crippen LogP contribution is -2.40. The van der Waals surface area contributed by atoms with Gasteiger partial charge in [0.2, 0.25) is 5.90 Å². The molecule has 3 N–H and O–H groups in total. The SMILES string of the molecule is CC/C(C)=C(/C=N\N=C(/C)OC)N/C(=C/C(=N)C1CCCC1)NC(C)(C)C. The molecule has 0 saturated heterocycles. The molecule has 0 aromatic heterocycles. The number of allylic oxidation sites excluding steroid dienone is 3.